The second kappa shape index (κ2) is 7.45. The van der Waals surface area contributed by atoms with Crippen molar-refractivity contribution in [2.24, 2.45) is 0 Å². The van der Waals surface area contributed by atoms with Crippen molar-refractivity contribution in [3.05, 3.63) is 35.4 Å². The van der Waals surface area contributed by atoms with E-state index in [9.17, 15) is 4.79 Å². The van der Waals surface area contributed by atoms with Crippen molar-refractivity contribution in [2.45, 2.75) is 18.2 Å². The molecule has 17 heavy (non-hydrogen) atoms. The number of carbonyl (C=O) groups is 1. The lowest BCUT2D eigenvalue weighted by molar-refractivity contribution is -0.120. The molecule has 1 N–H and O–H groups in total. The maximum atomic E-state index is 11.6. The summed E-state index contributed by atoms with van der Waals surface area (Å²) < 4.78 is 4.97. The average molecular weight is 300 g/mol. The third-order valence-electron chi connectivity index (χ3n) is 2.35. The highest BCUT2D eigenvalue weighted by atomic mass is 79.9. The van der Waals surface area contributed by atoms with Crippen molar-refractivity contribution < 1.29 is 9.53 Å². The molecule has 0 heterocycles. The monoisotopic (exact) mass is 299 g/mol. The Hall–Kier alpha value is -0.870. The fraction of sp³-hybridized carbons (Fsp3) is 0.462. The Labute approximate surface area is 111 Å². The molecule has 0 saturated heterocycles. The third-order valence-corrected chi connectivity index (χ3v) is 2.94. The van der Waals surface area contributed by atoms with E-state index in [1.54, 1.807) is 7.11 Å². The van der Waals surface area contributed by atoms with Crippen LogP contribution < -0.4 is 5.32 Å². The predicted molar refractivity (Wildman–Crippen MR) is 72.5 cm³/mol. The number of aryl methyl sites for hydroxylation is 1. The summed E-state index contributed by atoms with van der Waals surface area (Å²) >= 11 is 3.42. The Kier molecular flexibility index (Phi) is 6.22. The highest BCUT2D eigenvalue weighted by Gasteiger charge is 2.07. The summed E-state index contributed by atoms with van der Waals surface area (Å²) in [5, 5.41) is 2.86. The van der Waals surface area contributed by atoms with E-state index in [-0.39, 0.29) is 10.7 Å². The number of nitrogens with one attached hydrogen (secondary N) is 1. The van der Waals surface area contributed by atoms with Crippen molar-refractivity contribution in [3.63, 3.8) is 0 Å². The first kappa shape index (κ1) is 14.2. The van der Waals surface area contributed by atoms with Gasteiger partial charge in [0, 0.05) is 13.7 Å². The van der Waals surface area contributed by atoms with Gasteiger partial charge < -0.3 is 10.1 Å². The number of alkyl halides is 1. The predicted octanol–water partition coefficient (Wildman–Crippen LogP) is 2.06. The van der Waals surface area contributed by atoms with Gasteiger partial charge in [0.1, 0.15) is 0 Å². The van der Waals surface area contributed by atoms with E-state index < -0.39 is 0 Å². The van der Waals surface area contributed by atoms with Gasteiger partial charge in [0.25, 0.3) is 0 Å². The molecule has 0 aliphatic carbocycles. The summed E-state index contributed by atoms with van der Waals surface area (Å²) in [4.78, 5) is 11.8. The highest BCUT2D eigenvalue weighted by molar-refractivity contribution is 9.09. The zero-order valence-electron chi connectivity index (χ0n) is 10.2. The first-order valence-electron chi connectivity index (χ1n) is 5.57. The molecule has 1 unspecified atom stereocenters. The van der Waals surface area contributed by atoms with Crippen LogP contribution in [-0.2, 0) is 16.0 Å². The summed E-state index contributed by atoms with van der Waals surface area (Å²) in [6.07, 6.45) is 0.424. The van der Waals surface area contributed by atoms with E-state index in [1.807, 2.05) is 31.2 Å². The van der Waals surface area contributed by atoms with Crippen molar-refractivity contribution in [1.29, 1.82) is 0 Å². The van der Waals surface area contributed by atoms with Gasteiger partial charge in [0.15, 0.2) is 0 Å². The van der Waals surface area contributed by atoms with Gasteiger partial charge in [0.2, 0.25) is 5.91 Å². The van der Waals surface area contributed by atoms with Crippen LogP contribution in [0.2, 0.25) is 0 Å². The molecule has 0 bridgehead atoms. The quantitative estimate of drug-likeness (QED) is 0.817. The minimum Gasteiger partial charge on any atom is -0.383 e. The van der Waals surface area contributed by atoms with E-state index in [0.29, 0.717) is 19.6 Å². The molecule has 0 aliphatic heterocycles. The van der Waals surface area contributed by atoms with Crippen LogP contribution in [0.1, 0.15) is 11.1 Å². The second-order valence-corrected chi connectivity index (χ2v) is 5.31. The number of benzene rings is 1. The minimum absolute atomic E-state index is 0.0365. The second-order valence-electron chi connectivity index (χ2n) is 4.02. The summed E-state index contributed by atoms with van der Waals surface area (Å²) in [6.45, 7) is 3.20. The SMILES string of the molecule is COCC(Br)CNC(=O)Cc1ccc(C)cc1. The summed E-state index contributed by atoms with van der Waals surface area (Å²) in [6, 6.07) is 7.99. The van der Waals surface area contributed by atoms with E-state index in [0.717, 1.165) is 5.56 Å². The first-order valence-corrected chi connectivity index (χ1v) is 6.48. The normalized spacial score (nSPS) is 12.2. The Morgan fingerprint density at radius 1 is 1.41 bits per heavy atom. The van der Waals surface area contributed by atoms with E-state index >= 15 is 0 Å². The lowest BCUT2D eigenvalue weighted by Crippen LogP contribution is -2.32. The Morgan fingerprint density at radius 2 is 2.06 bits per heavy atom. The number of carbonyl (C=O) groups excluding carboxylic acids is 1. The van der Waals surface area contributed by atoms with E-state index in [4.69, 9.17) is 4.74 Å². The fourth-order valence-electron chi connectivity index (χ4n) is 1.42. The van der Waals surface area contributed by atoms with Crippen molar-refractivity contribution in [3.8, 4) is 0 Å². The van der Waals surface area contributed by atoms with Crippen LogP contribution in [0, 0.1) is 6.92 Å². The maximum absolute atomic E-state index is 11.6. The van der Waals surface area contributed by atoms with Crippen molar-refractivity contribution >= 4 is 21.8 Å². The van der Waals surface area contributed by atoms with Gasteiger partial charge in [-0.2, -0.15) is 0 Å². The standard InChI is InChI=1S/C13H18BrNO2/c1-10-3-5-11(6-4-10)7-13(16)15-8-12(14)9-17-2/h3-6,12H,7-9H2,1-2H3,(H,15,16). The van der Waals surface area contributed by atoms with Gasteiger partial charge in [-0.3, -0.25) is 4.79 Å². The van der Waals surface area contributed by atoms with E-state index in [2.05, 4.69) is 21.2 Å². The molecule has 0 aromatic heterocycles. The number of halogens is 1. The van der Waals surface area contributed by atoms with Gasteiger partial charge in [-0.05, 0) is 12.5 Å². The van der Waals surface area contributed by atoms with Crippen LogP contribution in [0.4, 0.5) is 0 Å². The summed E-state index contributed by atoms with van der Waals surface area (Å²) in [7, 11) is 1.64. The molecule has 94 valence electrons. The van der Waals surface area contributed by atoms with Crippen LogP contribution in [0.15, 0.2) is 24.3 Å². The highest BCUT2D eigenvalue weighted by Crippen LogP contribution is 2.04. The number of ether oxygens (including phenoxy) is 1. The molecule has 0 spiro atoms. The minimum atomic E-state index is 0.0365. The number of methoxy groups -OCH3 is 1. The maximum Gasteiger partial charge on any atom is 0.224 e. The molecule has 1 aromatic carbocycles. The lowest BCUT2D eigenvalue weighted by Gasteiger charge is -2.10. The molecule has 1 amide bonds. The summed E-state index contributed by atoms with van der Waals surface area (Å²) in [5.74, 6) is 0.0365. The lowest BCUT2D eigenvalue weighted by atomic mass is 10.1. The van der Waals surface area contributed by atoms with Crippen molar-refractivity contribution in [1.82, 2.24) is 5.32 Å². The number of hydrogen-bond acceptors (Lipinski definition) is 2. The number of amides is 1. The smallest absolute Gasteiger partial charge is 0.224 e. The number of hydrogen-bond donors (Lipinski definition) is 1. The van der Waals surface area contributed by atoms with E-state index in [1.165, 1.54) is 5.56 Å². The largest absolute Gasteiger partial charge is 0.383 e. The first-order chi connectivity index (χ1) is 8.11. The van der Waals surface area contributed by atoms with Gasteiger partial charge in [-0.25, -0.2) is 0 Å². The zero-order valence-corrected chi connectivity index (χ0v) is 11.8. The number of rotatable bonds is 6. The molecule has 4 heteroatoms. The van der Waals surface area contributed by atoms with Gasteiger partial charge in [-0.1, -0.05) is 45.8 Å². The molecule has 0 aliphatic rings. The third kappa shape index (κ3) is 5.84. The topological polar surface area (TPSA) is 38.3 Å². The molecule has 0 fully saturated rings. The molecule has 3 nitrogen and oxygen atoms in total. The van der Waals surface area contributed by atoms with Crippen LogP contribution in [0.5, 0.6) is 0 Å². The molecule has 1 atom stereocenters. The van der Waals surface area contributed by atoms with Gasteiger partial charge in [-0.15, -0.1) is 0 Å². The van der Waals surface area contributed by atoms with Crippen LogP contribution in [0.25, 0.3) is 0 Å². The molecule has 0 saturated carbocycles. The zero-order chi connectivity index (χ0) is 12.7. The molecular formula is C13H18BrNO2. The molecule has 1 aromatic rings. The average Bonchev–Trinajstić information content (AvgIpc) is 2.30. The summed E-state index contributed by atoms with van der Waals surface area (Å²) in [5.41, 5.74) is 2.24. The molecular weight excluding hydrogens is 282 g/mol. The van der Waals surface area contributed by atoms with Gasteiger partial charge >= 0.3 is 0 Å². The van der Waals surface area contributed by atoms with Crippen LogP contribution >= 0.6 is 15.9 Å². The molecule has 1 rings (SSSR count). The molecule has 0 radical (unpaired) electrons. The van der Waals surface area contributed by atoms with Gasteiger partial charge in [0.05, 0.1) is 17.9 Å². The van der Waals surface area contributed by atoms with Crippen LogP contribution in [0.3, 0.4) is 0 Å². The Morgan fingerprint density at radius 3 is 2.65 bits per heavy atom. The van der Waals surface area contributed by atoms with Crippen molar-refractivity contribution in [2.75, 3.05) is 20.3 Å². The fourth-order valence-corrected chi connectivity index (χ4v) is 1.84. The Balaban J connectivity index is 2.32. The van der Waals surface area contributed by atoms with Crippen LogP contribution in [-0.4, -0.2) is 31.0 Å². The Bertz CT molecular complexity index is 351.